The lowest BCUT2D eigenvalue weighted by Gasteiger charge is -2.35. The summed E-state index contributed by atoms with van der Waals surface area (Å²) in [6, 6.07) is 0.836. The minimum atomic E-state index is 0.382. The molecule has 1 saturated carbocycles. The first kappa shape index (κ1) is 12.0. The molecular weight excluding hydrogens is 252 g/mol. The molecule has 0 atom stereocenters. The zero-order valence-corrected chi connectivity index (χ0v) is 11.2. The summed E-state index contributed by atoms with van der Waals surface area (Å²) in [6.07, 6.45) is 4.22. The minimum Gasteiger partial charge on any atom is -0.490 e. The second-order valence-corrected chi connectivity index (χ2v) is 5.13. The molecule has 0 spiro atoms. The van der Waals surface area contributed by atoms with Crippen LogP contribution in [-0.2, 0) is 0 Å². The van der Waals surface area contributed by atoms with Crippen molar-refractivity contribution in [3.8, 4) is 5.75 Å². The second kappa shape index (κ2) is 4.90. The van der Waals surface area contributed by atoms with Crippen molar-refractivity contribution in [1.82, 2.24) is 14.9 Å². The maximum Gasteiger partial charge on any atom is 0.199 e. The lowest BCUT2D eigenvalue weighted by atomic mass is 10.3. The number of halogens is 1. The fraction of sp³-hybridized carbons (Fsp3) is 0.667. The number of methoxy groups -OCH3 is 1. The van der Waals surface area contributed by atoms with Crippen LogP contribution >= 0.6 is 11.6 Å². The van der Waals surface area contributed by atoms with Crippen molar-refractivity contribution < 1.29 is 4.74 Å². The number of hydrogen-bond donors (Lipinski definition) is 0. The lowest BCUT2D eigenvalue weighted by molar-refractivity contribution is 0.246. The standard InChI is InChI=1S/C12H17ClN4O/c1-18-10-11(13)14-8-15-12(10)17-6-4-16(5-7-17)9-2-3-9/h8-9H,2-7H2,1H3. The molecule has 0 radical (unpaired) electrons. The van der Waals surface area contributed by atoms with Crippen molar-refractivity contribution in [3.63, 3.8) is 0 Å². The molecule has 0 bridgehead atoms. The Hall–Kier alpha value is -1.07. The summed E-state index contributed by atoms with van der Waals surface area (Å²) in [5, 5.41) is 0.382. The Morgan fingerprint density at radius 2 is 1.94 bits per heavy atom. The van der Waals surface area contributed by atoms with Gasteiger partial charge in [0, 0.05) is 32.2 Å². The highest BCUT2D eigenvalue weighted by atomic mass is 35.5. The zero-order valence-electron chi connectivity index (χ0n) is 10.5. The van der Waals surface area contributed by atoms with E-state index in [0.717, 1.165) is 38.0 Å². The van der Waals surface area contributed by atoms with Crippen LogP contribution in [0.1, 0.15) is 12.8 Å². The van der Waals surface area contributed by atoms with Gasteiger partial charge in [-0.25, -0.2) is 9.97 Å². The van der Waals surface area contributed by atoms with E-state index in [-0.39, 0.29) is 0 Å². The maximum absolute atomic E-state index is 6.02. The molecule has 6 heteroatoms. The highest BCUT2D eigenvalue weighted by Gasteiger charge is 2.32. The molecule has 2 heterocycles. The largest absolute Gasteiger partial charge is 0.490 e. The van der Waals surface area contributed by atoms with Gasteiger partial charge in [0.25, 0.3) is 0 Å². The number of hydrogen-bond acceptors (Lipinski definition) is 5. The van der Waals surface area contributed by atoms with Crippen molar-refractivity contribution >= 4 is 17.4 Å². The van der Waals surface area contributed by atoms with Crippen LogP contribution in [0.25, 0.3) is 0 Å². The summed E-state index contributed by atoms with van der Waals surface area (Å²) in [5.74, 6) is 1.40. The van der Waals surface area contributed by atoms with Gasteiger partial charge in [0.2, 0.25) is 0 Å². The second-order valence-electron chi connectivity index (χ2n) is 4.78. The Balaban J connectivity index is 1.73. The first-order valence-electron chi connectivity index (χ1n) is 6.33. The third-order valence-corrected chi connectivity index (χ3v) is 3.89. The van der Waals surface area contributed by atoms with Crippen molar-refractivity contribution in [2.45, 2.75) is 18.9 Å². The van der Waals surface area contributed by atoms with Gasteiger partial charge in [-0.05, 0) is 12.8 Å². The van der Waals surface area contributed by atoms with E-state index in [9.17, 15) is 0 Å². The normalized spacial score (nSPS) is 21.1. The van der Waals surface area contributed by atoms with Crippen molar-refractivity contribution in [1.29, 1.82) is 0 Å². The minimum absolute atomic E-state index is 0.382. The first-order chi connectivity index (χ1) is 8.79. The van der Waals surface area contributed by atoms with Crippen LogP contribution in [0.3, 0.4) is 0 Å². The molecule has 0 amide bonds. The van der Waals surface area contributed by atoms with E-state index in [1.807, 2.05) is 0 Å². The summed E-state index contributed by atoms with van der Waals surface area (Å²) < 4.78 is 5.30. The summed E-state index contributed by atoms with van der Waals surface area (Å²) >= 11 is 6.02. The summed E-state index contributed by atoms with van der Waals surface area (Å²) in [7, 11) is 1.61. The average Bonchev–Trinajstić information content (AvgIpc) is 3.23. The molecule has 0 N–H and O–H groups in total. The molecular formula is C12H17ClN4O. The third kappa shape index (κ3) is 2.24. The van der Waals surface area contributed by atoms with Crippen LogP contribution in [0.2, 0.25) is 5.15 Å². The van der Waals surface area contributed by atoms with Crippen LogP contribution in [0.4, 0.5) is 5.82 Å². The van der Waals surface area contributed by atoms with E-state index in [2.05, 4.69) is 19.8 Å². The van der Waals surface area contributed by atoms with Gasteiger partial charge in [-0.1, -0.05) is 11.6 Å². The van der Waals surface area contributed by atoms with Crippen molar-refractivity contribution in [2.75, 3.05) is 38.2 Å². The molecule has 0 aromatic carbocycles. The Morgan fingerprint density at radius 1 is 1.22 bits per heavy atom. The fourth-order valence-electron chi connectivity index (χ4n) is 2.48. The summed E-state index contributed by atoms with van der Waals surface area (Å²) in [5.41, 5.74) is 0. The van der Waals surface area contributed by atoms with Crippen LogP contribution in [-0.4, -0.2) is 54.2 Å². The van der Waals surface area contributed by atoms with E-state index in [0.29, 0.717) is 10.9 Å². The number of piperazine rings is 1. The van der Waals surface area contributed by atoms with Crippen molar-refractivity contribution in [3.05, 3.63) is 11.5 Å². The van der Waals surface area contributed by atoms with Gasteiger partial charge in [-0.15, -0.1) is 0 Å². The summed E-state index contributed by atoms with van der Waals surface area (Å²) in [4.78, 5) is 13.0. The zero-order chi connectivity index (χ0) is 12.5. The van der Waals surface area contributed by atoms with E-state index in [4.69, 9.17) is 16.3 Å². The molecule has 1 saturated heterocycles. The molecule has 1 aromatic rings. The van der Waals surface area contributed by atoms with Gasteiger partial charge in [0.15, 0.2) is 16.7 Å². The number of rotatable bonds is 3. The Kier molecular flexibility index (Phi) is 3.26. The quantitative estimate of drug-likeness (QED) is 0.776. The average molecular weight is 269 g/mol. The molecule has 2 fully saturated rings. The number of ether oxygens (including phenoxy) is 1. The van der Waals surface area contributed by atoms with Gasteiger partial charge >= 0.3 is 0 Å². The fourth-order valence-corrected chi connectivity index (χ4v) is 2.69. The Bertz CT molecular complexity index is 430. The third-order valence-electron chi connectivity index (χ3n) is 3.62. The molecule has 1 aliphatic carbocycles. The molecule has 18 heavy (non-hydrogen) atoms. The van der Waals surface area contributed by atoms with Crippen LogP contribution in [0, 0.1) is 0 Å². The molecule has 1 aliphatic heterocycles. The Labute approximate surface area is 112 Å². The van der Waals surface area contributed by atoms with Gasteiger partial charge in [-0.3, -0.25) is 4.90 Å². The predicted molar refractivity (Wildman–Crippen MR) is 70.4 cm³/mol. The number of anilines is 1. The van der Waals surface area contributed by atoms with E-state index in [1.54, 1.807) is 7.11 Å². The molecule has 0 unspecified atom stereocenters. The number of aromatic nitrogens is 2. The van der Waals surface area contributed by atoms with E-state index in [1.165, 1.54) is 19.2 Å². The molecule has 1 aromatic heterocycles. The first-order valence-corrected chi connectivity index (χ1v) is 6.71. The topological polar surface area (TPSA) is 41.5 Å². The monoisotopic (exact) mass is 268 g/mol. The van der Waals surface area contributed by atoms with Gasteiger partial charge in [0.1, 0.15) is 6.33 Å². The predicted octanol–water partition coefficient (Wildman–Crippen LogP) is 1.42. The van der Waals surface area contributed by atoms with Gasteiger partial charge < -0.3 is 9.64 Å². The lowest BCUT2D eigenvalue weighted by Crippen LogP contribution is -2.47. The molecule has 2 aliphatic rings. The smallest absolute Gasteiger partial charge is 0.199 e. The molecule has 98 valence electrons. The van der Waals surface area contributed by atoms with Crippen LogP contribution in [0.15, 0.2) is 6.33 Å². The maximum atomic E-state index is 6.02. The van der Waals surface area contributed by atoms with Crippen LogP contribution < -0.4 is 9.64 Å². The van der Waals surface area contributed by atoms with Gasteiger partial charge in [0.05, 0.1) is 7.11 Å². The number of nitrogens with zero attached hydrogens (tertiary/aromatic N) is 4. The Morgan fingerprint density at radius 3 is 2.56 bits per heavy atom. The van der Waals surface area contributed by atoms with Gasteiger partial charge in [-0.2, -0.15) is 0 Å². The summed E-state index contributed by atoms with van der Waals surface area (Å²) in [6.45, 7) is 4.13. The van der Waals surface area contributed by atoms with E-state index >= 15 is 0 Å². The van der Waals surface area contributed by atoms with E-state index < -0.39 is 0 Å². The highest BCUT2D eigenvalue weighted by Crippen LogP contribution is 2.33. The SMILES string of the molecule is COc1c(Cl)ncnc1N1CCN(C2CC2)CC1. The van der Waals surface area contributed by atoms with Crippen LogP contribution in [0.5, 0.6) is 5.75 Å². The molecule has 3 rings (SSSR count). The highest BCUT2D eigenvalue weighted by molar-refractivity contribution is 6.31. The van der Waals surface area contributed by atoms with Crippen molar-refractivity contribution in [2.24, 2.45) is 0 Å². The molecule has 5 nitrogen and oxygen atoms in total.